The maximum atomic E-state index is 13.3. The number of amides is 2. The average Bonchev–Trinajstić information content (AvgIpc) is 3.03. The molecule has 2 rings (SSSR count). The zero-order valence-corrected chi connectivity index (χ0v) is 20.0. The number of nitrogens with one attached hydrogen (secondary N) is 3. The third-order valence-electron chi connectivity index (χ3n) is 4.85. The summed E-state index contributed by atoms with van der Waals surface area (Å²) in [6.07, 6.45) is 0. The van der Waals surface area contributed by atoms with Crippen molar-refractivity contribution in [3.05, 3.63) is 51.7 Å². The van der Waals surface area contributed by atoms with Gasteiger partial charge in [-0.3, -0.25) is 9.59 Å². The molecule has 2 aromatic rings. The first-order valence-corrected chi connectivity index (χ1v) is 11.1. The Morgan fingerprint density at radius 1 is 1.16 bits per heavy atom. The van der Waals surface area contributed by atoms with Gasteiger partial charge in [0.05, 0.1) is 23.6 Å². The van der Waals surface area contributed by atoms with Gasteiger partial charge in [0.15, 0.2) is 0 Å². The summed E-state index contributed by atoms with van der Waals surface area (Å²) in [6, 6.07) is 5.93. The highest BCUT2D eigenvalue weighted by Crippen LogP contribution is 2.35. The summed E-state index contributed by atoms with van der Waals surface area (Å²) in [7, 11) is 1.50. The van der Waals surface area contributed by atoms with E-state index < -0.39 is 5.97 Å². The SMILES string of the molecule is CCOC(=O)c1c(NC(=O)CNC(c2ccc(F)cc2)C(C)(C)C)sc(C(=O)NC)c1C. The lowest BCUT2D eigenvalue weighted by Gasteiger charge is -2.32. The fourth-order valence-electron chi connectivity index (χ4n) is 3.33. The molecule has 1 heterocycles. The van der Waals surface area contributed by atoms with Gasteiger partial charge in [0.2, 0.25) is 5.91 Å². The first-order valence-electron chi connectivity index (χ1n) is 10.3. The topological polar surface area (TPSA) is 96.5 Å². The third-order valence-corrected chi connectivity index (χ3v) is 6.05. The van der Waals surface area contributed by atoms with Crippen LogP contribution >= 0.6 is 11.3 Å². The lowest BCUT2D eigenvalue weighted by molar-refractivity contribution is -0.115. The molecular weight excluding hydrogens is 433 g/mol. The molecule has 0 fully saturated rings. The zero-order chi connectivity index (χ0) is 24.1. The average molecular weight is 464 g/mol. The summed E-state index contributed by atoms with van der Waals surface area (Å²) in [5.74, 6) is -1.65. The van der Waals surface area contributed by atoms with Crippen molar-refractivity contribution in [3.63, 3.8) is 0 Å². The van der Waals surface area contributed by atoms with E-state index in [1.165, 1.54) is 19.2 Å². The monoisotopic (exact) mass is 463 g/mol. The van der Waals surface area contributed by atoms with Gasteiger partial charge in [-0.05, 0) is 42.5 Å². The molecule has 1 aromatic carbocycles. The smallest absolute Gasteiger partial charge is 0.341 e. The second-order valence-corrected chi connectivity index (χ2v) is 9.36. The van der Waals surface area contributed by atoms with Crippen molar-refractivity contribution in [2.45, 2.75) is 40.7 Å². The van der Waals surface area contributed by atoms with E-state index in [0.29, 0.717) is 10.4 Å². The molecule has 9 heteroatoms. The maximum absolute atomic E-state index is 13.3. The number of anilines is 1. The molecule has 7 nitrogen and oxygen atoms in total. The van der Waals surface area contributed by atoms with Gasteiger partial charge in [-0.2, -0.15) is 0 Å². The van der Waals surface area contributed by atoms with Crippen molar-refractivity contribution in [3.8, 4) is 0 Å². The number of thiophene rings is 1. The van der Waals surface area contributed by atoms with Crippen molar-refractivity contribution < 1.29 is 23.5 Å². The number of esters is 1. The minimum atomic E-state index is -0.599. The number of carbonyl (C=O) groups is 3. The Bertz CT molecular complexity index is 980. The summed E-state index contributed by atoms with van der Waals surface area (Å²) in [6.45, 7) is 9.50. The Balaban J connectivity index is 2.23. The summed E-state index contributed by atoms with van der Waals surface area (Å²) in [4.78, 5) is 37.7. The summed E-state index contributed by atoms with van der Waals surface area (Å²) in [5, 5.41) is 8.75. The summed E-state index contributed by atoms with van der Waals surface area (Å²) >= 11 is 1.02. The molecular formula is C23H30FN3O4S. The van der Waals surface area contributed by atoms with Crippen molar-refractivity contribution in [1.82, 2.24) is 10.6 Å². The van der Waals surface area contributed by atoms with Gasteiger partial charge in [-0.15, -0.1) is 11.3 Å². The van der Waals surface area contributed by atoms with Crippen LogP contribution < -0.4 is 16.0 Å². The molecule has 0 bridgehead atoms. The molecule has 32 heavy (non-hydrogen) atoms. The molecule has 1 unspecified atom stereocenters. The van der Waals surface area contributed by atoms with E-state index in [1.807, 2.05) is 20.8 Å². The Kier molecular flexibility index (Phi) is 8.51. The summed E-state index contributed by atoms with van der Waals surface area (Å²) in [5.41, 5.74) is 1.23. The number of halogens is 1. The van der Waals surface area contributed by atoms with Crippen LogP contribution in [0, 0.1) is 18.2 Å². The minimum absolute atomic E-state index is 0.0478. The lowest BCUT2D eigenvalue weighted by Crippen LogP contribution is -2.37. The van der Waals surface area contributed by atoms with E-state index >= 15 is 0 Å². The molecule has 0 radical (unpaired) electrons. The van der Waals surface area contributed by atoms with Crippen LogP contribution in [0.3, 0.4) is 0 Å². The van der Waals surface area contributed by atoms with Gasteiger partial charge in [-0.1, -0.05) is 32.9 Å². The third kappa shape index (κ3) is 6.14. The molecule has 2 amide bonds. The first kappa shape index (κ1) is 25.5. The first-order chi connectivity index (χ1) is 15.0. The Labute approximate surface area is 191 Å². The van der Waals surface area contributed by atoms with Crippen LogP contribution in [0.25, 0.3) is 0 Å². The van der Waals surface area contributed by atoms with Gasteiger partial charge in [0.1, 0.15) is 10.8 Å². The van der Waals surface area contributed by atoms with Crippen LogP contribution in [0.5, 0.6) is 0 Å². The highest BCUT2D eigenvalue weighted by Gasteiger charge is 2.28. The van der Waals surface area contributed by atoms with Crippen LogP contribution in [-0.2, 0) is 9.53 Å². The fourth-order valence-corrected chi connectivity index (χ4v) is 4.48. The number of benzene rings is 1. The van der Waals surface area contributed by atoms with Crippen molar-refractivity contribution in [2.75, 3.05) is 25.5 Å². The van der Waals surface area contributed by atoms with Crippen molar-refractivity contribution in [2.24, 2.45) is 5.41 Å². The van der Waals surface area contributed by atoms with E-state index in [-0.39, 0.29) is 52.8 Å². The molecule has 3 N–H and O–H groups in total. The molecule has 174 valence electrons. The van der Waals surface area contributed by atoms with Gasteiger partial charge < -0.3 is 20.7 Å². The van der Waals surface area contributed by atoms with Gasteiger partial charge in [0, 0.05) is 13.1 Å². The largest absolute Gasteiger partial charge is 0.462 e. The Morgan fingerprint density at radius 2 is 1.78 bits per heavy atom. The number of rotatable bonds is 8. The second-order valence-electron chi connectivity index (χ2n) is 8.34. The van der Waals surface area contributed by atoms with Crippen LogP contribution in [0.1, 0.15) is 64.9 Å². The minimum Gasteiger partial charge on any atom is -0.462 e. The van der Waals surface area contributed by atoms with Crippen LogP contribution in [0.2, 0.25) is 0 Å². The predicted molar refractivity (Wildman–Crippen MR) is 124 cm³/mol. The second kappa shape index (κ2) is 10.7. The molecule has 0 aliphatic heterocycles. The number of carbonyl (C=O) groups excluding carboxylic acids is 3. The van der Waals surface area contributed by atoms with Crippen molar-refractivity contribution in [1.29, 1.82) is 0 Å². The van der Waals surface area contributed by atoms with Gasteiger partial charge in [0.25, 0.3) is 5.91 Å². The highest BCUT2D eigenvalue weighted by molar-refractivity contribution is 7.18. The molecule has 0 aliphatic carbocycles. The van der Waals surface area contributed by atoms with E-state index in [0.717, 1.165) is 16.9 Å². The van der Waals surface area contributed by atoms with E-state index in [4.69, 9.17) is 4.74 Å². The molecule has 0 aliphatic rings. The molecule has 1 atom stereocenters. The molecule has 0 saturated heterocycles. The summed E-state index contributed by atoms with van der Waals surface area (Å²) < 4.78 is 18.4. The van der Waals surface area contributed by atoms with E-state index in [2.05, 4.69) is 16.0 Å². The van der Waals surface area contributed by atoms with Crippen LogP contribution in [0.4, 0.5) is 9.39 Å². The Hall–Kier alpha value is -2.78. The highest BCUT2D eigenvalue weighted by atomic mass is 32.1. The molecule has 0 spiro atoms. The zero-order valence-electron chi connectivity index (χ0n) is 19.2. The number of hydrogen-bond donors (Lipinski definition) is 3. The normalized spacial score (nSPS) is 12.2. The Morgan fingerprint density at radius 3 is 2.31 bits per heavy atom. The molecule has 0 saturated carbocycles. The predicted octanol–water partition coefficient (Wildman–Crippen LogP) is 4.05. The standard InChI is InChI=1S/C23H30FN3O4S/c1-7-31-22(30)17-13(2)18(20(29)25-6)32-21(17)27-16(28)12-26-19(23(3,4)5)14-8-10-15(24)11-9-14/h8-11,19,26H,7,12H2,1-6H3,(H,25,29)(H,27,28). The van der Waals surface area contributed by atoms with Gasteiger partial charge >= 0.3 is 5.97 Å². The number of hydrogen-bond acceptors (Lipinski definition) is 6. The molecule has 1 aromatic heterocycles. The van der Waals surface area contributed by atoms with E-state index in [9.17, 15) is 18.8 Å². The quantitative estimate of drug-likeness (QED) is 0.514. The maximum Gasteiger partial charge on any atom is 0.341 e. The van der Waals surface area contributed by atoms with E-state index in [1.54, 1.807) is 26.0 Å². The van der Waals surface area contributed by atoms with Gasteiger partial charge in [-0.25, -0.2) is 9.18 Å². The van der Waals surface area contributed by atoms with Crippen LogP contribution in [0.15, 0.2) is 24.3 Å². The lowest BCUT2D eigenvalue weighted by atomic mass is 9.82. The van der Waals surface area contributed by atoms with Crippen molar-refractivity contribution >= 4 is 34.1 Å². The number of ether oxygens (including phenoxy) is 1. The van der Waals surface area contributed by atoms with Crippen LogP contribution in [-0.4, -0.2) is 38.0 Å². The fraction of sp³-hybridized carbons (Fsp3) is 0.435.